The van der Waals surface area contributed by atoms with Gasteiger partial charge < -0.3 is 21.5 Å². The summed E-state index contributed by atoms with van der Waals surface area (Å²) in [4.78, 5) is 15.8. The monoisotopic (exact) mass is 310 g/mol. The highest BCUT2D eigenvalue weighted by atomic mass is 16.5. The number of nitrogens with two attached hydrogens (primary N) is 2. The third-order valence-corrected chi connectivity index (χ3v) is 3.02. The summed E-state index contributed by atoms with van der Waals surface area (Å²) in [7, 11) is 1.60. The maximum absolute atomic E-state index is 11.9. The fourth-order valence-electron chi connectivity index (χ4n) is 1.79. The summed E-state index contributed by atoms with van der Waals surface area (Å²) in [6.45, 7) is 0. The number of hydrogen-bond acceptors (Lipinski definition) is 5. The van der Waals surface area contributed by atoms with Gasteiger partial charge in [0.15, 0.2) is 0 Å². The number of carbonyl (C=O) groups is 1. The van der Waals surface area contributed by atoms with E-state index >= 15 is 0 Å². The fourth-order valence-corrected chi connectivity index (χ4v) is 1.79. The van der Waals surface area contributed by atoms with Gasteiger partial charge in [-0.05, 0) is 54.1 Å². The van der Waals surface area contributed by atoms with Crippen LogP contribution < -0.4 is 21.5 Å². The van der Waals surface area contributed by atoms with Gasteiger partial charge in [0.25, 0.3) is 5.91 Å². The number of amides is 1. The lowest BCUT2D eigenvalue weighted by molar-refractivity contribution is 0.0960. The summed E-state index contributed by atoms with van der Waals surface area (Å²) in [5, 5.41) is 2.54. The third kappa shape index (κ3) is 4.60. The van der Waals surface area contributed by atoms with Gasteiger partial charge in [-0.2, -0.15) is 0 Å². The van der Waals surface area contributed by atoms with E-state index in [1.807, 2.05) is 24.3 Å². The molecule has 118 valence electrons. The number of pyridine rings is 1. The molecule has 6 heteroatoms. The predicted molar refractivity (Wildman–Crippen MR) is 89.1 cm³/mol. The zero-order valence-corrected chi connectivity index (χ0v) is 12.7. The van der Waals surface area contributed by atoms with Crippen LogP contribution in [0.15, 0.2) is 66.6 Å². The van der Waals surface area contributed by atoms with E-state index in [0.29, 0.717) is 5.70 Å². The lowest BCUT2D eigenvalue weighted by Crippen LogP contribution is -2.27. The Kier molecular flexibility index (Phi) is 5.35. The first-order valence-electron chi connectivity index (χ1n) is 6.90. The second-order valence-electron chi connectivity index (χ2n) is 4.64. The van der Waals surface area contributed by atoms with Crippen molar-refractivity contribution in [3.05, 3.63) is 77.9 Å². The fraction of sp³-hybridized carbons (Fsp3) is 0.0588. The smallest absolute Gasteiger partial charge is 0.275 e. The Labute approximate surface area is 134 Å². The topological polar surface area (TPSA) is 103 Å². The second-order valence-corrected chi connectivity index (χ2v) is 4.64. The molecule has 1 aromatic carbocycles. The molecule has 23 heavy (non-hydrogen) atoms. The second kappa shape index (κ2) is 7.65. The van der Waals surface area contributed by atoms with Crippen LogP contribution in [0, 0.1) is 0 Å². The standard InChI is InChI=1S/C17H18N4O2/c1-23-13-7-5-12(6-8-13)14(18)9-10-16(19)21-17(22)15-4-2-3-11-20-15/h2-11H,18-19H2,1H3,(H,21,22)/b14-9-,16-10+. The Morgan fingerprint density at radius 3 is 2.48 bits per heavy atom. The molecule has 2 rings (SSSR count). The molecule has 0 radical (unpaired) electrons. The number of benzene rings is 1. The average Bonchev–Trinajstić information content (AvgIpc) is 2.60. The summed E-state index contributed by atoms with van der Waals surface area (Å²) < 4.78 is 5.09. The average molecular weight is 310 g/mol. The first-order chi connectivity index (χ1) is 11.1. The van der Waals surface area contributed by atoms with Crippen molar-refractivity contribution in [3.8, 4) is 5.75 Å². The number of nitrogens with zero attached hydrogens (tertiary/aromatic N) is 1. The van der Waals surface area contributed by atoms with E-state index in [0.717, 1.165) is 11.3 Å². The van der Waals surface area contributed by atoms with Crippen LogP contribution in [0.25, 0.3) is 5.70 Å². The zero-order valence-electron chi connectivity index (χ0n) is 12.7. The minimum Gasteiger partial charge on any atom is -0.497 e. The summed E-state index contributed by atoms with van der Waals surface area (Å²) >= 11 is 0. The van der Waals surface area contributed by atoms with Crippen molar-refractivity contribution < 1.29 is 9.53 Å². The van der Waals surface area contributed by atoms with Gasteiger partial charge in [0.1, 0.15) is 17.3 Å². The van der Waals surface area contributed by atoms with Crippen molar-refractivity contribution >= 4 is 11.6 Å². The van der Waals surface area contributed by atoms with E-state index < -0.39 is 0 Å². The minimum atomic E-state index is -0.379. The largest absolute Gasteiger partial charge is 0.497 e. The number of hydrogen-bond donors (Lipinski definition) is 3. The molecule has 5 N–H and O–H groups in total. The Hall–Kier alpha value is -3.28. The minimum absolute atomic E-state index is 0.178. The normalized spacial score (nSPS) is 11.9. The van der Waals surface area contributed by atoms with E-state index in [1.54, 1.807) is 31.4 Å². The van der Waals surface area contributed by atoms with Gasteiger partial charge in [-0.3, -0.25) is 9.78 Å². The molecule has 0 bridgehead atoms. The Balaban J connectivity index is 2.03. The number of allylic oxidation sites excluding steroid dienone is 2. The van der Waals surface area contributed by atoms with E-state index in [-0.39, 0.29) is 17.4 Å². The van der Waals surface area contributed by atoms with Crippen molar-refractivity contribution in [1.29, 1.82) is 0 Å². The summed E-state index contributed by atoms with van der Waals surface area (Å²) in [5.41, 5.74) is 13.4. The molecule has 0 aliphatic rings. The number of nitrogens with one attached hydrogen (secondary N) is 1. The zero-order chi connectivity index (χ0) is 16.7. The van der Waals surface area contributed by atoms with Crippen molar-refractivity contribution in [1.82, 2.24) is 10.3 Å². The number of ether oxygens (including phenoxy) is 1. The number of rotatable bonds is 5. The molecule has 0 fully saturated rings. The van der Waals surface area contributed by atoms with Gasteiger partial charge in [0.2, 0.25) is 0 Å². The SMILES string of the molecule is COc1ccc(/C(N)=C/C=C(\N)NC(=O)c2ccccn2)cc1. The Bertz CT molecular complexity index is 722. The Morgan fingerprint density at radius 1 is 1.13 bits per heavy atom. The molecule has 0 aliphatic carbocycles. The van der Waals surface area contributed by atoms with E-state index in [1.165, 1.54) is 12.3 Å². The van der Waals surface area contributed by atoms with Crippen LogP contribution in [0.2, 0.25) is 0 Å². The molecule has 2 aromatic rings. The summed E-state index contributed by atoms with van der Waals surface area (Å²) in [6, 6.07) is 12.3. The van der Waals surface area contributed by atoms with Crippen LogP contribution in [0.5, 0.6) is 5.75 Å². The molecule has 0 saturated carbocycles. The molecular weight excluding hydrogens is 292 g/mol. The van der Waals surface area contributed by atoms with E-state index in [9.17, 15) is 4.79 Å². The first-order valence-corrected chi connectivity index (χ1v) is 6.90. The van der Waals surface area contributed by atoms with Gasteiger partial charge in [-0.15, -0.1) is 0 Å². The lowest BCUT2D eigenvalue weighted by atomic mass is 10.1. The molecule has 6 nitrogen and oxygen atoms in total. The molecule has 1 aromatic heterocycles. The lowest BCUT2D eigenvalue weighted by Gasteiger charge is -2.05. The molecule has 0 saturated heterocycles. The molecule has 0 aliphatic heterocycles. The number of methoxy groups -OCH3 is 1. The van der Waals surface area contributed by atoms with Crippen LogP contribution >= 0.6 is 0 Å². The highest BCUT2D eigenvalue weighted by Crippen LogP contribution is 2.15. The van der Waals surface area contributed by atoms with Crippen LogP contribution in [0.4, 0.5) is 0 Å². The maximum atomic E-state index is 11.9. The number of carbonyl (C=O) groups excluding carboxylic acids is 1. The predicted octanol–water partition coefficient (Wildman–Crippen LogP) is 1.62. The third-order valence-electron chi connectivity index (χ3n) is 3.02. The quantitative estimate of drug-likeness (QED) is 0.728. The van der Waals surface area contributed by atoms with E-state index in [2.05, 4.69) is 10.3 Å². The molecular formula is C17H18N4O2. The van der Waals surface area contributed by atoms with Crippen molar-refractivity contribution in [2.45, 2.75) is 0 Å². The van der Waals surface area contributed by atoms with Gasteiger partial charge in [0, 0.05) is 11.9 Å². The molecule has 0 atom stereocenters. The molecule has 0 spiro atoms. The van der Waals surface area contributed by atoms with Crippen molar-refractivity contribution in [3.63, 3.8) is 0 Å². The summed E-state index contributed by atoms with van der Waals surface area (Å²) in [5.74, 6) is 0.548. The van der Waals surface area contributed by atoms with Gasteiger partial charge in [-0.25, -0.2) is 0 Å². The van der Waals surface area contributed by atoms with Crippen molar-refractivity contribution in [2.24, 2.45) is 11.5 Å². The molecule has 1 amide bonds. The van der Waals surface area contributed by atoms with E-state index in [4.69, 9.17) is 16.2 Å². The highest BCUT2D eigenvalue weighted by Gasteiger charge is 2.05. The van der Waals surface area contributed by atoms with Crippen LogP contribution in [0.3, 0.4) is 0 Å². The van der Waals surface area contributed by atoms with Crippen LogP contribution in [0.1, 0.15) is 16.1 Å². The van der Waals surface area contributed by atoms with Crippen LogP contribution in [-0.4, -0.2) is 18.0 Å². The number of aromatic nitrogens is 1. The van der Waals surface area contributed by atoms with Crippen molar-refractivity contribution in [2.75, 3.05) is 7.11 Å². The highest BCUT2D eigenvalue weighted by molar-refractivity contribution is 5.93. The first kappa shape index (κ1) is 16.1. The molecule has 0 unspecified atom stereocenters. The summed E-state index contributed by atoms with van der Waals surface area (Å²) in [6.07, 6.45) is 4.69. The van der Waals surface area contributed by atoms with Crippen LogP contribution in [-0.2, 0) is 0 Å². The Morgan fingerprint density at radius 2 is 1.87 bits per heavy atom. The maximum Gasteiger partial charge on any atom is 0.275 e. The molecule has 1 heterocycles. The van der Waals surface area contributed by atoms with Gasteiger partial charge in [0.05, 0.1) is 7.11 Å². The van der Waals surface area contributed by atoms with Gasteiger partial charge >= 0.3 is 0 Å². The van der Waals surface area contributed by atoms with Gasteiger partial charge in [-0.1, -0.05) is 6.07 Å².